The van der Waals surface area contributed by atoms with E-state index in [1.165, 1.54) is 4.68 Å². The number of nitrogens with one attached hydrogen (secondary N) is 1. The van der Waals surface area contributed by atoms with Gasteiger partial charge in [0, 0.05) is 18.5 Å². The summed E-state index contributed by atoms with van der Waals surface area (Å²) in [4.78, 5) is 23.1. The van der Waals surface area contributed by atoms with Gasteiger partial charge < -0.3 is 10.2 Å². The number of carboxylic acid groups (broad SMARTS) is 1. The van der Waals surface area contributed by atoms with Crippen LogP contribution in [-0.4, -0.2) is 26.0 Å². The second kappa shape index (κ2) is 8.77. The molecule has 0 aliphatic heterocycles. The van der Waals surface area contributed by atoms with E-state index in [2.05, 4.69) is 15.3 Å². The zero-order valence-corrected chi connectivity index (χ0v) is 17.1. The molecular weight excluding hydrogens is 384 g/mol. The van der Waals surface area contributed by atoms with E-state index >= 15 is 0 Å². The van der Waals surface area contributed by atoms with Crippen LogP contribution in [0.3, 0.4) is 0 Å². The number of benzene rings is 2. The highest BCUT2D eigenvalue weighted by Crippen LogP contribution is 2.38. The average molecular weight is 408 g/mol. The molecule has 3 rings (SSSR count). The fourth-order valence-electron chi connectivity index (χ4n) is 3.12. The minimum absolute atomic E-state index is 0.0144. The maximum Gasteiger partial charge on any atom is 0.303 e. The van der Waals surface area contributed by atoms with Gasteiger partial charge in [-0.25, -0.2) is 0 Å². The number of nitrogens with zero attached hydrogens (tertiary/aromatic N) is 3. The van der Waals surface area contributed by atoms with E-state index in [1.54, 1.807) is 25.1 Å². The Morgan fingerprint density at radius 2 is 1.87 bits per heavy atom. The number of para-hydroxylation sites is 1. The number of aromatic hydroxyl groups is 1. The summed E-state index contributed by atoms with van der Waals surface area (Å²) in [5, 5.41) is 30.5. The average Bonchev–Trinajstić information content (AvgIpc) is 2.96. The molecule has 3 N–H and O–H groups in total. The second-order valence-corrected chi connectivity index (χ2v) is 7.21. The Balaban J connectivity index is 1.88. The molecule has 0 spiro atoms. The smallest absolute Gasteiger partial charge is 0.303 e. The fourth-order valence-corrected chi connectivity index (χ4v) is 3.12. The van der Waals surface area contributed by atoms with Crippen molar-refractivity contribution < 1.29 is 15.0 Å². The maximum absolute atomic E-state index is 12.5. The summed E-state index contributed by atoms with van der Waals surface area (Å²) in [5.74, 6) is -0.926. The summed E-state index contributed by atoms with van der Waals surface area (Å²) in [6.07, 6.45) is 0.297. The number of aryl methyl sites for hydroxylation is 4. The molecule has 1 aromatic heterocycles. The number of hydrogen-bond acceptors (Lipinski definition) is 5. The number of H-pyrrole nitrogens is 1. The van der Waals surface area contributed by atoms with E-state index in [9.17, 15) is 14.7 Å². The highest BCUT2D eigenvalue weighted by Gasteiger charge is 2.13. The zero-order chi connectivity index (χ0) is 21.8. The van der Waals surface area contributed by atoms with Crippen molar-refractivity contribution in [2.45, 2.75) is 40.2 Å². The normalized spacial score (nSPS) is 11.3. The molecule has 8 nitrogen and oxygen atoms in total. The van der Waals surface area contributed by atoms with Gasteiger partial charge >= 0.3 is 5.97 Å². The SMILES string of the molecule is Cc1ccc(-c2cccc(N=Nc3c(C)[nH]n(CCCC(=O)O)c3=O)c2O)cc1C. The predicted molar refractivity (Wildman–Crippen MR) is 114 cm³/mol. The topological polar surface area (TPSA) is 120 Å². The molecule has 3 aromatic rings. The van der Waals surface area contributed by atoms with Gasteiger partial charge in [0.15, 0.2) is 11.4 Å². The van der Waals surface area contributed by atoms with Crippen LogP contribution in [0.25, 0.3) is 11.1 Å². The Hall–Kier alpha value is -3.68. The molecule has 8 heteroatoms. The monoisotopic (exact) mass is 408 g/mol. The standard InChI is InChI=1S/C22H24N4O4/c1-13-9-10-16(12-14(13)2)17-6-4-7-18(21(17)29)23-24-20-15(3)25-26(22(20)30)11-5-8-19(27)28/h4,6-7,9-10,12,25,29H,5,8,11H2,1-3H3,(H,27,28). The van der Waals surface area contributed by atoms with Gasteiger partial charge in [0.05, 0.1) is 5.69 Å². The quantitative estimate of drug-likeness (QED) is 0.488. The number of phenols is 1. The summed E-state index contributed by atoms with van der Waals surface area (Å²) < 4.78 is 1.32. The summed E-state index contributed by atoms with van der Waals surface area (Å²) >= 11 is 0. The van der Waals surface area contributed by atoms with Gasteiger partial charge in [0.1, 0.15) is 5.69 Å². The molecule has 30 heavy (non-hydrogen) atoms. The van der Waals surface area contributed by atoms with Crippen molar-refractivity contribution in [3.05, 3.63) is 63.6 Å². The maximum atomic E-state index is 12.5. The first kappa shape index (κ1) is 21.0. The lowest BCUT2D eigenvalue weighted by molar-refractivity contribution is -0.137. The Morgan fingerprint density at radius 3 is 2.57 bits per heavy atom. The number of carbonyl (C=O) groups is 1. The molecule has 0 atom stereocenters. The first-order valence-corrected chi connectivity index (χ1v) is 9.60. The third kappa shape index (κ3) is 4.48. The highest BCUT2D eigenvalue weighted by atomic mass is 16.4. The molecule has 0 fully saturated rings. The molecule has 0 aliphatic carbocycles. The van der Waals surface area contributed by atoms with Gasteiger partial charge in [0.2, 0.25) is 0 Å². The fraction of sp³-hybridized carbons (Fsp3) is 0.273. The Labute approximate surface area is 173 Å². The van der Waals surface area contributed by atoms with Crippen LogP contribution in [0.15, 0.2) is 51.4 Å². The van der Waals surface area contributed by atoms with E-state index in [0.717, 1.165) is 16.7 Å². The van der Waals surface area contributed by atoms with E-state index in [0.29, 0.717) is 17.7 Å². The number of aromatic amines is 1. The third-order valence-corrected chi connectivity index (χ3v) is 4.97. The Morgan fingerprint density at radius 1 is 1.10 bits per heavy atom. The van der Waals surface area contributed by atoms with Gasteiger partial charge in [-0.05, 0) is 49.9 Å². The van der Waals surface area contributed by atoms with E-state index in [4.69, 9.17) is 5.11 Å². The Bertz CT molecular complexity index is 1170. The molecule has 1 heterocycles. The largest absolute Gasteiger partial charge is 0.505 e. The first-order valence-electron chi connectivity index (χ1n) is 9.60. The first-order chi connectivity index (χ1) is 14.3. The van der Waals surface area contributed by atoms with Crippen molar-refractivity contribution >= 4 is 17.3 Å². The van der Waals surface area contributed by atoms with Crippen molar-refractivity contribution in [3.63, 3.8) is 0 Å². The van der Waals surface area contributed by atoms with Crippen molar-refractivity contribution in [2.24, 2.45) is 10.2 Å². The molecule has 0 amide bonds. The van der Waals surface area contributed by atoms with Crippen molar-refractivity contribution in [2.75, 3.05) is 0 Å². The third-order valence-electron chi connectivity index (χ3n) is 4.97. The number of phenolic OH excluding ortho intramolecular Hbond substituents is 1. The minimum Gasteiger partial charge on any atom is -0.505 e. The molecule has 0 radical (unpaired) electrons. The number of rotatable bonds is 7. The van der Waals surface area contributed by atoms with Gasteiger partial charge in [-0.2, -0.15) is 0 Å². The summed E-state index contributed by atoms with van der Waals surface area (Å²) in [7, 11) is 0. The number of carboxylic acids is 1. The predicted octanol–water partition coefficient (Wildman–Crippen LogP) is 4.75. The lowest BCUT2D eigenvalue weighted by atomic mass is 9.99. The van der Waals surface area contributed by atoms with Crippen molar-refractivity contribution in [3.8, 4) is 16.9 Å². The van der Waals surface area contributed by atoms with E-state index in [1.807, 2.05) is 32.0 Å². The van der Waals surface area contributed by atoms with Gasteiger partial charge in [-0.15, -0.1) is 10.2 Å². The molecule has 0 bridgehead atoms. The summed E-state index contributed by atoms with van der Waals surface area (Å²) in [6.45, 7) is 5.97. The molecule has 2 aromatic carbocycles. The Kier molecular flexibility index (Phi) is 6.15. The highest BCUT2D eigenvalue weighted by molar-refractivity contribution is 5.76. The van der Waals surface area contributed by atoms with Crippen LogP contribution in [0.1, 0.15) is 29.7 Å². The minimum atomic E-state index is -0.912. The molecule has 0 aliphatic rings. The number of aliphatic carboxylic acids is 1. The van der Waals surface area contributed by atoms with Crippen LogP contribution in [0.4, 0.5) is 11.4 Å². The summed E-state index contributed by atoms with van der Waals surface area (Å²) in [5.41, 5.74) is 4.29. The molecule has 0 unspecified atom stereocenters. The molecule has 0 saturated heterocycles. The molecular formula is C22H24N4O4. The van der Waals surface area contributed by atoms with Crippen LogP contribution in [0.2, 0.25) is 0 Å². The zero-order valence-electron chi connectivity index (χ0n) is 17.1. The molecule has 0 saturated carbocycles. The van der Waals surface area contributed by atoms with Crippen LogP contribution in [0.5, 0.6) is 5.75 Å². The summed E-state index contributed by atoms with van der Waals surface area (Å²) in [6, 6.07) is 11.1. The van der Waals surface area contributed by atoms with Crippen molar-refractivity contribution in [1.82, 2.24) is 9.78 Å². The van der Waals surface area contributed by atoms with E-state index < -0.39 is 5.97 Å². The van der Waals surface area contributed by atoms with Gasteiger partial charge in [0.25, 0.3) is 5.56 Å². The van der Waals surface area contributed by atoms with Gasteiger partial charge in [-0.1, -0.05) is 30.3 Å². The second-order valence-electron chi connectivity index (χ2n) is 7.21. The number of aromatic nitrogens is 2. The van der Waals surface area contributed by atoms with E-state index in [-0.39, 0.29) is 35.6 Å². The number of azo groups is 1. The van der Waals surface area contributed by atoms with Crippen molar-refractivity contribution in [1.29, 1.82) is 0 Å². The van der Waals surface area contributed by atoms with Crippen LogP contribution in [0, 0.1) is 20.8 Å². The molecule has 156 valence electrons. The van der Waals surface area contributed by atoms with Crippen LogP contribution < -0.4 is 5.56 Å². The number of hydrogen-bond donors (Lipinski definition) is 3. The lowest BCUT2D eigenvalue weighted by Crippen LogP contribution is -2.17. The van der Waals surface area contributed by atoms with Crippen LogP contribution in [-0.2, 0) is 11.3 Å². The van der Waals surface area contributed by atoms with Crippen LogP contribution >= 0.6 is 0 Å². The van der Waals surface area contributed by atoms with Gasteiger partial charge in [-0.3, -0.25) is 19.4 Å². The lowest BCUT2D eigenvalue weighted by Gasteiger charge is -2.09.